The maximum absolute atomic E-state index is 12.6. The summed E-state index contributed by atoms with van der Waals surface area (Å²) in [5.41, 5.74) is 1.47. The lowest BCUT2D eigenvalue weighted by atomic mass is 9.89. The van der Waals surface area contributed by atoms with Crippen LogP contribution in [-0.2, 0) is 4.74 Å². The first-order chi connectivity index (χ1) is 14.6. The van der Waals surface area contributed by atoms with Gasteiger partial charge >= 0.3 is 6.09 Å². The molecule has 4 rings (SSSR count). The SMILES string of the molecule is O=C(Nc1ccc2sncc2c1)OCCN1CCC(C(=O)c2ccc(Br)cc2)CC1. The van der Waals surface area contributed by atoms with Crippen LogP contribution in [0.2, 0.25) is 0 Å². The highest BCUT2D eigenvalue weighted by atomic mass is 79.9. The fourth-order valence-electron chi connectivity index (χ4n) is 3.64. The molecule has 6 nitrogen and oxygen atoms in total. The average molecular weight is 488 g/mol. The summed E-state index contributed by atoms with van der Waals surface area (Å²) in [5.74, 6) is 0.281. The van der Waals surface area contributed by atoms with E-state index in [4.69, 9.17) is 4.74 Å². The van der Waals surface area contributed by atoms with E-state index in [1.165, 1.54) is 11.5 Å². The maximum atomic E-state index is 12.6. The number of amides is 1. The standard InChI is InChI=1S/C22H22BrN3O3S/c23-18-3-1-15(2-4-18)21(27)16-7-9-26(10-8-16)11-12-29-22(28)25-19-5-6-20-17(13-19)14-24-30-20/h1-6,13-14,16H,7-12H2,(H,25,28). The number of fused-ring (bicyclic) bond motifs is 1. The van der Waals surface area contributed by atoms with Crippen molar-refractivity contribution in [1.82, 2.24) is 9.27 Å². The Hall–Kier alpha value is -2.29. The second kappa shape index (κ2) is 9.68. The van der Waals surface area contributed by atoms with Crippen LogP contribution in [0.25, 0.3) is 10.1 Å². The van der Waals surface area contributed by atoms with Gasteiger partial charge < -0.3 is 4.74 Å². The summed E-state index contributed by atoms with van der Waals surface area (Å²) in [6.07, 6.45) is 2.98. The van der Waals surface area contributed by atoms with Crippen LogP contribution in [0.1, 0.15) is 23.2 Å². The fraction of sp³-hybridized carbons (Fsp3) is 0.318. The van der Waals surface area contributed by atoms with Crippen molar-refractivity contribution in [2.75, 3.05) is 31.6 Å². The highest BCUT2D eigenvalue weighted by molar-refractivity contribution is 9.10. The Labute approximate surface area is 187 Å². The van der Waals surface area contributed by atoms with Gasteiger partial charge in [-0.1, -0.05) is 28.1 Å². The molecule has 8 heteroatoms. The van der Waals surface area contributed by atoms with Crippen LogP contribution in [0.3, 0.4) is 0 Å². The molecule has 0 unspecified atom stereocenters. The number of Topliss-reactive ketones (excluding diaryl/α,β-unsaturated/α-hetero) is 1. The predicted molar refractivity (Wildman–Crippen MR) is 122 cm³/mol. The number of aromatic nitrogens is 1. The number of carbonyl (C=O) groups is 2. The molecule has 0 saturated carbocycles. The van der Waals surface area contributed by atoms with Crippen molar-refractivity contribution in [3.8, 4) is 0 Å². The number of carbonyl (C=O) groups excluding carboxylic acids is 2. The summed E-state index contributed by atoms with van der Waals surface area (Å²) in [6, 6.07) is 13.2. The molecule has 1 N–H and O–H groups in total. The second-order valence-electron chi connectivity index (χ2n) is 7.33. The molecule has 0 aliphatic carbocycles. The first-order valence-electron chi connectivity index (χ1n) is 9.89. The number of ether oxygens (including phenoxy) is 1. The second-order valence-corrected chi connectivity index (χ2v) is 9.08. The van der Waals surface area contributed by atoms with Crippen LogP contribution in [0.15, 0.2) is 53.1 Å². The lowest BCUT2D eigenvalue weighted by molar-refractivity contribution is 0.0813. The van der Waals surface area contributed by atoms with E-state index in [0.717, 1.165) is 46.1 Å². The van der Waals surface area contributed by atoms with E-state index in [9.17, 15) is 9.59 Å². The van der Waals surface area contributed by atoms with Crippen molar-refractivity contribution in [1.29, 1.82) is 0 Å². The van der Waals surface area contributed by atoms with Gasteiger partial charge in [0.25, 0.3) is 0 Å². The smallest absolute Gasteiger partial charge is 0.411 e. The van der Waals surface area contributed by atoms with Crippen molar-refractivity contribution in [2.45, 2.75) is 12.8 Å². The van der Waals surface area contributed by atoms with Crippen molar-refractivity contribution >= 4 is 55.1 Å². The third-order valence-corrected chi connectivity index (χ3v) is 6.63. The Morgan fingerprint density at radius 3 is 2.70 bits per heavy atom. The van der Waals surface area contributed by atoms with Gasteiger partial charge in [0, 0.05) is 39.8 Å². The number of nitrogens with zero attached hydrogens (tertiary/aromatic N) is 2. The minimum absolute atomic E-state index is 0.0631. The zero-order valence-electron chi connectivity index (χ0n) is 16.3. The van der Waals surface area contributed by atoms with Gasteiger partial charge in [0.05, 0.1) is 4.70 Å². The summed E-state index contributed by atoms with van der Waals surface area (Å²) < 4.78 is 11.5. The number of benzene rings is 2. The number of rotatable bonds is 6. The number of piperidine rings is 1. The largest absolute Gasteiger partial charge is 0.448 e. The molecule has 2 aromatic carbocycles. The van der Waals surface area contributed by atoms with Gasteiger partial charge in [0.2, 0.25) is 0 Å². The molecule has 1 aromatic heterocycles. The van der Waals surface area contributed by atoms with Crippen molar-refractivity contribution in [3.63, 3.8) is 0 Å². The molecule has 2 heterocycles. The topological polar surface area (TPSA) is 71.5 Å². The Bertz CT molecular complexity index is 1030. The predicted octanol–water partition coefficient (Wildman–Crippen LogP) is 5.20. The number of nitrogens with one attached hydrogen (secondary N) is 1. The highest BCUT2D eigenvalue weighted by Crippen LogP contribution is 2.23. The van der Waals surface area contributed by atoms with E-state index in [-0.39, 0.29) is 11.7 Å². The Morgan fingerprint density at radius 2 is 1.93 bits per heavy atom. The summed E-state index contributed by atoms with van der Waals surface area (Å²) in [7, 11) is 0. The zero-order chi connectivity index (χ0) is 20.9. The first-order valence-corrected chi connectivity index (χ1v) is 11.5. The molecule has 0 spiro atoms. The van der Waals surface area contributed by atoms with E-state index in [2.05, 4.69) is 30.5 Å². The maximum Gasteiger partial charge on any atom is 0.411 e. The van der Waals surface area contributed by atoms with E-state index in [0.29, 0.717) is 18.8 Å². The monoisotopic (exact) mass is 487 g/mol. The van der Waals surface area contributed by atoms with E-state index >= 15 is 0 Å². The van der Waals surface area contributed by atoms with Crippen LogP contribution < -0.4 is 5.32 Å². The molecule has 1 aliphatic rings. The number of likely N-dealkylation sites (tertiary alicyclic amines) is 1. The van der Waals surface area contributed by atoms with Gasteiger partial charge in [-0.15, -0.1) is 0 Å². The van der Waals surface area contributed by atoms with E-state index in [1.807, 2.05) is 42.5 Å². The molecule has 0 atom stereocenters. The highest BCUT2D eigenvalue weighted by Gasteiger charge is 2.25. The minimum atomic E-state index is -0.460. The van der Waals surface area contributed by atoms with Crippen molar-refractivity contribution in [2.24, 2.45) is 5.92 Å². The average Bonchev–Trinajstić information content (AvgIpc) is 3.22. The normalized spacial score (nSPS) is 15.2. The number of hydrogen-bond acceptors (Lipinski definition) is 6. The number of ketones is 1. The quantitative estimate of drug-likeness (QED) is 0.483. The lowest BCUT2D eigenvalue weighted by Gasteiger charge is -2.31. The minimum Gasteiger partial charge on any atom is -0.448 e. The summed E-state index contributed by atoms with van der Waals surface area (Å²) in [6.45, 7) is 2.65. The number of halogens is 1. The fourth-order valence-corrected chi connectivity index (χ4v) is 4.53. The van der Waals surface area contributed by atoms with Gasteiger partial charge in [-0.2, -0.15) is 4.37 Å². The van der Waals surface area contributed by atoms with E-state index < -0.39 is 6.09 Å². The third-order valence-electron chi connectivity index (χ3n) is 5.33. The molecule has 3 aromatic rings. The van der Waals surface area contributed by atoms with Crippen LogP contribution in [-0.4, -0.2) is 47.4 Å². The van der Waals surface area contributed by atoms with Crippen LogP contribution in [0.5, 0.6) is 0 Å². The Balaban J connectivity index is 1.18. The molecule has 30 heavy (non-hydrogen) atoms. The van der Waals surface area contributed by atoms with Crippen molar-refractivity contribution in [3.05, 3.63) is 58.7 Å². The van der Waals surface area contributed by atoms with Crippen LogP contribution in [0.4, 0.5) is 10.5 Å². The molecule has 156 valence electrons. The van der Waals surface area contributed by atoms with Crippen molar-refractivity contribution < 1.29 is 14.3 Å². The molecule has 1 aliphatic heterocycles. The molecule has 0 bridgehead atoms. The third kappa shape index (κ3) is 5.24. The molecule has 1 amide bonds. The lowest BCUT2D eigenvalue weighted by Crippen LogP contribution is -2.38. The summed E-state index contributed by atoms with van der Waals surface area (Å²) in [5, 5.41) is 3.75. The van der Waals surface area contributed by atoms with Gasteiger partial charge in [-0.3, -0.25) is 15.0 Å². The van der Waals surface area contributed by atoms with Gasteiger partial charge in [-0.25, -0.2) is 4.79 Å². The Kier molecular flexibility index (Phi) is 6.76. The molecule has 1 fully saturated rings. The molecule has 1 saturated heterocycles. The van der Waals surface area contributed by atoms with E-state index in [1.54, 1.807) is 6.20 Å². The van der Waals surface area contributed by atoms with Crippen LogP contribution in [0, 0.1) is 5.92 Å². The zero-order valence-corrected chi connectivity index (χ0v) is 18.7. The van der Waals surface area contributed by atoms with Gasteiger partial charge in [0.1, 0.15) is 6.61 Å². The van der Waals surface area contributed by atoms with Gasteiger partial charge in [-0.05, 0) is 67.8 Å². The summed E-state index contributed by atoms with van der Waals surface area (Å²) >= 11 is 4.82. The summed E-state index contributed by atoms with van der Waals surface area (Å²) in [4.78, 5) is 26.9. The molecular formula is C22H22BrN3O3S. The van der Waals surface area contributed by atoms with Gasteiger partial charge in [0.15, 0.2) is 5.78 Å². The number of hydrogen-bond donors (Lipinski definition) is 1. The Morgan fingerprint density at radius 1 is 1.17 bits per heavy atom. The molecule has 0 radical (unpaired) electrons. The first kappa shape index (κ1) is 21.0. The van der Waals surface area contributed by atoms with Crippen LogP contribution >= 0.6 is 27.5 Å². The molecular weight excluding hydrogens is 466 g/mol. The number of anilines is 1.